The van der Waals surface area contributed by atoms with E-state index in [0.717, 1.165) is 0 Å². The first-order valence-corrected chi connectivity index (χ1v) is 7.42. The Balaban J connectivity index is 2.45. The van der Waals surface area contributed by atoms with Gasteiger partial charge >= 0.3 is 0 Å². The van der Waals surface area contributed by atoms with Crippen LogP contribution in [0.3, 0.4) is 0 Å². The molecule has 0 aromatic carbocycles. The zero-order valence-corrected chi connectivity index (χ0v) is 7.53. The molecule has 0 aromatic heterocycles. The van der Waals surface area contributed by atoms with Gasteiger partial charge in [0.1, 0.15) is 0 Å². The van der Waals surface area contributed by atoms with E-state index in [1.807, 2.05) is 0 Å². The highest BCUT2D eigenvalue weighted by molar-refractivity contribution is 9.34. The minimum Gasteiger partial charge on any atom is -0.321 e. The lowest BCUT2D eigenvalue weighted by atomic mass is 11.6. The molecule has 0 saturated heterocycles. The summed E-state index contributed by atoms with van der Waals surface area (Å²) in [7, 11) is 6.32. The highest BCUT2D eigenvalue weighted by Crippen LogP contribution is 2.43. The molecule has 1 nitrogen and oxygen atoms in total. The summed E-state index contributed by atoms with van der Waals surface area (Å²) in [5.41, 5.74) is 5.16. The molecule has 0 radical (unpaired) electrons. The van der Waals surface area contributed by atoms with Crippen LogP contribution in [0.2, 0.25) is 0 Å². The van der Waals surface area contributed by atoms with Crippen LogP contribution < -0.4 is 5.73 Å². The standard InChI is InChI=1S/CH5NS5/c2-1-4-6-7-5-3/h3H,1-2H2. The molecule has 44 valence electrons. The van der Waals surface area contributed by atoms with Crippen molar-refractivity contribution in [3.05, 3.63) is 0 Å². The molecule has 7 heavy (non-hydrogen) atoms. The van der Waals surface area contributed by atoms with Crippen LogP contribution in [0, 0.1) is 0 Å². The number of hydrogen-bond donors (Lipinski definition) is 2. The Bertz CT molecular complexity index is 27.3. The molecule has 0 atom stereocenters. The molecule has 0 unspecified atom stereocenters. The number of thiol groups is 1. The van der Waals surface area contributed by atoms with E-state index in [9.17, 15) is 0 Å². The first kappa shape index (κ1) is 8.71. The van der Waals surface area contributed by atoms with E-state index in [2.05, 4.69) is 11.7 Å². The Morgan fingerprint density at radius 3 is 2.57 bits per heavy atom. The number of nitrogens with two attached hydrogens (primary N) is 1. The highest BCUT2D eigenvalue weighted by atomic mass is 33.8. The molecule has 2 N–H and O–H groups in total. The van der Waals surface area contributed by atoms with Crippen molar-refractivity contribution in [3.63, 3.8) is 0 Å². The van der Waals surface area contributed by atoms with Gasteiger partial charge in [-0.1, -0.05) is 22.5 Å². The summed E-state index contributed by atoms with van der Waals surface area (Å²) < 4.78 is 0. The lowest BCUT2D eigenvalue weighted by Crippen LogP contribution is -1.87. The van der Waals surface area contributed by atoms with Gasteiger partial charge in [0.2, 0.25) is 0 Å². The predicted octanol–water partition coefficient (Wildman–Crippen LogP) is 2.43. The fraction of sp³-hybridized carbons (Fsp3) is 1.00. The summed E-state index contributed by atoms with van der Waals surface area (Å²) in [6.45, 7) is 0. The van der Waals surface area contributed by atoms with Crippen molar-refractivity contribution in [2.24, 2.45) is 5.73 Å². The van der Waals surface area contributed by atoms with Gasteiger partial charge in [-0.2, -0.15) is 0 Å². The molecule has 0 fully saturated rings. The summed E-state index contributed by atoms with van der Waals surface area (Å²) in [6, 6.07) is 0. The van der Waals surface area contributed by atoms with Crippen molar-refractivity contribution in [1.82, 2.24) is 0 Å². The zero-order chi connectivity index (χ0) is 5.54. The molecule has 0 rings (SSSR count). The molecular formula is CH5NS5. The molecule has 0 saturated carbocycles. The minimum absolute atomic E-state index is 0.673. The Hall–Kier alpha value is 1.71. The Morgan fingerprint density at radius 2 is 2.14 bits per heavy atom. The summed E-state index contributed by atoms with van der Waals surface area (Å²) in [5, 5.41) is 0. The predicted molar refractivity (Wildman–Crippen MR) is 48.4 cm³/mol. The van der Waals surface area contributed by atoms with Crippen LogP contribution in [0.1, 0.15) is 0 Å². The van der Waals surface area contributed by atoms with Crippen LogP contribution in [0.15, 0.2) is 0 Å². The van der Waals surface area contributed by atoms with Crippen molar-refractivity contribution < 1.29 is 0 Å². The average Bonchev–Trinajstić information content (AvgIpc) is 1.69. The largest absolute Gasteiger partial charge is 0.321 e. The Kier molecular flexibility index (Phi) is 9.59. The second-order valence-electron chi connectivity index (χ2n) is 0.495. The second-order valence-corrected chi connectivity index (χ2v) is 7.25. The topological polar surface area (TPSA) is 26.0 Å². The SMILES string of the molecule is NCSSSSS. The normalized spacial score (nSPS) is 9.43. The van der Waals surface area contributed by atoms with Gasteiger partial charge in [-0.3, -0.25) is 0 Å². The lowest BCUT2D eigenvalue weighted by molar-refractivity contribution is 1.41. The van der Waals surface area contributed by atoms with Crippen molar-refractivity contribution in [2.45, 2.75) is 0 Å². The smallest absolute Gasteiger partial charge is 0.0506 e. The van der Waals surface area contributed by atoms with Crippen molar-refractivity contribution in [3.8, 4) is 0 Å². The second kappa shape index (κ2) is 7.71. The monoisotopic (exact) mass is 191 g/mol. The van der Waals surface area contributed by atoms with Crippen LogP contribution in [-0.4, -0.2) is 5.88 Å². The van der Waals surface area contributed by atoms with E-state index < -0.39 is 0 Å². The first-order valence-electron chi connectivity index (χ1n) is 1.38. The highest BCUT2D eigenvalue weighted by Gasteiger charge is 1.82. The molecule has 0 spiro atoms. The quantitative estimate of drug-likeness (QED) is 0.308. The molecule has 6 heteroatoms. The van der Waals surface area contributed by atoms with Gasteiger partial charge in [0.15, 0.2) is 0 Å². The third-order valence-corrected chi connectivity index (χ3v) is 6.63. The van der Waals surface area contributed by atoms with E-state index in [1.54, 1.807) is 30.4 Å². The van der Waals surface area contributed by atoms with Crippen LogP contribution >= 0.6 is 51.9 Å². The molecule has 0 heterocycles. The summed E-state index contributed by atoms with van der Waals surface area (Å²) in [5.74, 6) is 0.673. The summed E-state index contributed by atoms with van der Waals surface area (Å²) in [4.78, 5) is 0. The summed E-state index contributed by atoms with van der Waals surface area (Å²) >= 11 is 3.90. The van der Waals surface area contributed by atoms with Crippen LogP contribution in [0.5, 0.6) is 0 Å². The Labute approximate surface area is 63.3 Å². The summed E-state index contributed by atoms with van der Waals surface area (Å²) in [6.07, 6.45) is 0. The number of rotatable bonds is 4. The van der Waals surface area contributed by atoms with Crippen LogP contribution in [0.4, 0.5) is 0 Å². The first-order chi connectivity index (χ1) is 3.41. The van der Waals surface area contributed by atoms with Crippen LogP contribution in [0.25, 0.3) is 0 Å². The molecule has 0 aliphatic carbocycles. The van der Waals surface area contributed by atoms with E-state index in [0.29, 0.717) is 5.88 Å². The van der Waals surface area contributed by atoms with Gasteiger partial charge < -0.3 is 5.73 Å². The maximum atomic E-state index is 5.16. The third-order valence-electron chi connectivity index (χ3n) is 0.174. The minimum atomic E-state index is 0.673. The number of hydrogen-bond acceptors (Lipinski definition) is 6. The van der Waals surface area contributed by atoms with Gasteiger partial charge in [0.25, 0.3) is 0 Å². The van der Waals surface area contributed by atoms with Gasteiger partial charge in [0.05, 0.1) is 5.88 Å². The van der Waals surface area contributed by atoms with Gasteiger partial charge in [-0.05, 0) is 29.5 Å². The van der Waals surface area contributed by atoms with E-state index in [4.69, 9.17) is 5.73 Å². The molecule has 0 aliphatic rings. The van der Waals surface area contributed by atoms with Crippen molar-refractivity contribution >= 4 is 51.9 Å². The van der Waals surface area contributed by atoms with Crippen molar-refractivity contribution in [1.29, 1.82) is 0 Å². The van der Waals surface area contributed by atoms with Gasteiger partial charge in [-0.15, -0.1) is 0 Å². The Morgan fingerprint density at radius 1 is 1.43 bits per heavy atom. The average molecular weight is 191 g/mol. The molecule has 0 bridgehead atoms. The van der Waals surface area contributed by atoms with E-state index in [-0.39, 0.29) is 0 Å². The molecule has 0 aromatic rings. The molecule has 0 amide bonds. The van der Waals surface area contributed by atoms with E-state index in [1.165, 1.54) is 9.83 Å². The zero-order valence-electron chi connectivity index (χ0n) is 3.36. The van der Waals surface area contributed by atoms with E-state index >= 15 is 0 Å². The van der Waals surface area contributed by atoms with Gasteiger partial charge in [0, 0.05) is 0 Å². The van der Waals surface area contributed by atoms with Crippen molar-refractivity contribution in [2.75, 3.05) is 5.88 Å². The van der Waals surface area contributed by atoms with Gasteiger partial charge in [-0.25, -0.2) is 0 Å². The molecule has 0 aliphatic heterocycles. The molecular weight excluding hydrogens is 186 g/mol. The maximum absolute atomic E-state index is 5.16. The fourth-order valence-electron chi connectivity index (χ4n) is 0.0598. The van der Waals surface area contributed by atoms with Crippen LogP contribution in [-0.2, 0) is 0 Å². The fourth-order valence-corrected chi connectivity index (χ4v) is 5.36. The third kappa shape index (κ3) is 7.71. The lowest BCUT2D eigenvalue weighted by Gasteiger charge is -1.88. The maximum Gasteiger partial charge on any atom is 0.0506 e.